The van der Waals surface area contributed by atoms with Crippen molar-refractivity contribution in [3.05, 3.63) is 54.4 Å². The molecule has 0 unspecified atom stereocenters. The van der Waals surface area contributed by atoms with Gasteiger partial charge in [-0.25, -0.2) is 0 Å². The fourth-order valence-electron chi connectivity index (χ4n) is 3.29. The molecule has 126 valence electrons. The highest BCUT2D eigenvalue weighted by Crippen LogP contribution is 2.36. The normalized spacial score (nSPS) is 17.6. The van der Waals surface area contributed by atoms with Gasteiger partial charge >= 0.3 is 0 Å². The first kappa shape index (κ1) is 16.5. The molecule has 0 spiro atoms. The molecule has 0 radical (unpaired) electrons. The minimum atomic E-state index is 0.0219. The Morgan fingerprint density at radius 1 is 1.33 bits per heavy atom. The lowest BCUT2D eigenvalue weighted by molar-refractivity contribution is -0.116. The molecule has 1 amide bonds. The highest BCUT2D eigenvalue weighted by Gasteiger charge is 2.28. The number of amides is 1. The number of hydrogen-bond donors (Lipinski definition) is 1. The summed E-state index contributed by atoms with van der Waals surface area (Å²) in [4.78, 5) is 18.5. The number of pyridine rings is 1. The van der Waals surface area contributed by atoms with Gasteiger partial charge in [0.15, 0.2) is 0 Å². The van der Waals surface area contributed by atoms with Gasteiger partial charge in [0, 0.05) is 30.8 Å². The minimum absolute atomic E-state index is 0.0219. The first-order chi connectivity index (χ1) is 11.8. The number of rotatable bonds is 6. The fourth-order valence-corrected chi connectivity index (χ4v) is 3.29. The number of aromatic nitrogens is 1. The molecule has 5 nitrogen and oxygen atoms in total. The highest BCUT2D eigenvalue weighted by molar-refractivity contribution is 5.90. The minimum Gasteiger partial charge on any atom is -0.496 e. The molecule has 3 rings (SSSR count). The molecule has 1 aliphatic rings. The summed E-state index contributed by atoms with van der Waals surface area (Å²) < 4.78 is 5.50. The van der Waals surface area contributed by atoms with E-state index >= 15 is 0 Å². The van der Waals surface area contributed by atoms with Gasteiger partial charge in [0.1, 0.15) is 5.75 Å². The van der Waals surface area contributed by atoms with Gasteiger partial charge in [-0.3, -0.25) is 14.7 Å². The Morgan fingerprint density at radius 2 is 2.21 bits per heavy atom. The van der Waals surface area contributed by atoms with E-state index in [2.05, 4.69) is 21.3 Å². The standard InChI is InChI=1S/C19H23N3O2/c1-24-18-9-3-2-7-16(18)17-8-5-12-22(17)13-10-19(23)21-15-6-4-11-20-14-15/h2-4,6-7,9,11,14,17H,5,8,10,12-13H2,1H3,(H,21,23)/t17-/m0/s1. The van der Waals surface area contributed by atoms with Crippen molar-refractivity contribution >= 4 is 11.6 Å². The predicted molar refractivity (Wildman–Crippen MR) is 94.0 cm³/mol. The molecular weight excluding hydrogens is 302 g/mol. The summed E-state index contributed by atoms with van der Waals surface area (Å²) in [5, 5.41) is 2.89. The van der Waals surface area contributed by atoms with Crippen LogP contribution in [0.15, 0.2) is 48.8 Å². The third kappa shape index (κ3) is 3.92. The number of carbonyl (C=O) groups excluding carboxylic acids is 1. The first-order valence-electron chi connectivity index (χ1n) is 8.35. The van der Waals surface area contributed by atoms with Crippen LogP contribution in [0.25, 0.3) is 0 Å². The maximum absolute atomic E-state index is 12.1. The van der Waals surface area contributed by atoms with Gasteiger partial charge in [0.25, 0.3) is 0 Å². The van der Waals surface area contributed by atoms with Gasteiger partial charge in [-0.05, 0) is 37.6 Å². The number of likely N-dealkylation sites (tertiary alicyclic amines) is 1. The van der Waals surface area contributed by atoms with Crippen LogP contribution < -0.4 is 10.1 Å². The van der Waals surface area contributed by atoms with Crippen LogP contribution in [0.5, 0.6) is 5.75 Å². The highest BCUT2D eigenvalue weighted by atomic mass is 16.5. The van der Waals surface area contributed by atoms with Gasteiger partial charge in [-0.1, -0.05) is 18.2 Å². The van der Waals surface area contributed by atoms with E-state index in [0.29, 0.717) is 12.5 Å². The largest absolute Gasteiger partial charge is 0.496 e. The monoisotopic (exact) mass is 325 g/mol. The van der Waals surface area contributed by atoms with E-state index in [1.165, 1.54) is 5.56 Å². The summed E-state index contributed by atoms with van der Waals surface area (Å²) in [7, 11) is 1.71. The Balaban J connectivity index is 1.59. The van der Waals surface area contributed by atoms with E-state index in [9.17, 15) is 4.79 Å². The SMILES string of the molecule is COc1ccccc1[C@@H]1CCCN1CCC(=O)Nc1cccnc1. The van der Waals surface area contributed by atoms with Gasteiger partial charge in [0.2, 0.25) is 5.91 Å². The van der Waals surface area contributed by atoms with E-state index in [4.69, 9.17) is 4.74 Å². The zero-order valence-corrected chi connectivity index (χ0v) is 13.9. The second-order valence-corrected chi connectivity index (χ2v) is 5.98. The molecule has 5 heteroatoms. The first-order valence-corrected chi connectivity index (χ1v) is 8.35. The molecule has 1 aromatic heterocycles. The van der Waals surface area contributed by atoms with Crippen molar-refractivity contribution in [2.75, 3.05) is 25.5 Å². The summed E-state index contributed by atoms with van der Waals surface area (Å²) in [6.07, 6.45) is 6.07. The summed E-state index contributed by atoms with van der Waals surface area (Å²) >= 11 is 0. The molecule has 0 bridgehead atoms. The van der Waals surface area contributed by atoms with Gasteiger partial charge in [-0.15, -0.1) is 0 Å². The number of ether oxygens (including phenoxy) is 1. The second-order valence-electron chi connectivity index (χ2n) is 5.98. The summed E-state index contributed by atoms with van der Waals surface area (Å²) in [5.74, 6) is 0.947. The predicted octanol–water partition coefficient (Wildman–Crippen LogP) is 3.26. The quantitative estimate of drug-likeness (QED) is 0.886. The van der Waals surface area contributed by atoms with Gasteiger partial charge in [0.05, 0.1) is 19.0 Å². The second kappa shape index (κ2) is 7.93. The van der Waals surface area contributed by atoms with Gasteiger partial charge < -0.3 is 10.1 Å². The number of nitrogens with one attached hydrogen (secondary N) is 1. The van der Waals surface area contributed by atoms with Crippen LogP contribution in [0.1, 0.15) is 30.9 Å². The van der Waals surface area contributed by atoms with Crippen LogP contribution in [-0.4, -0.2) is 36.0 Å². The van der Waals surface area contributed by atoms with Crippen molar-refractivity contribution in [2.24, 2.45) is 0 Å². The average Bonchev–Trinajstić information content (AvgIpc) is 3.09. The molecule has 1 N–H and O–H groups in total. The van der Waals surface area contributed by atoms with Crippen molar-refractivity contribution in [2.45, 2.75) is 25.3 Å². The van der Waals surface area contributed by atoms with E-state index in [1.54, 1.807) is 19.5 Å². The Kier molecular flexibility index (Phi) is 5.43. The molecule has 2 heterocycles. The van der Waals surface area contributed by atoms with Crippen LogP contribution in [0.3, 0.4) is 0 Å². The molecule has 2 aromatic rings. The molecule has 1 fully saturated rings. The van der Waals surface area contributed by atoms with Crippen molar-refractivity contribution in [1.29, 1.82) is 0 Å². The number of hydrogen-bond acceptors (Lipinski definition) is 4. The third-order valence-corrected chi connectivity index (χ3v) is 4.43. The van der Waals surface area contributed by atoms with Crippen LogP contribution >= 0.6 is 0 Å². The lowest BCUT2D eigenvalue weighted by Gasteiger charge is -2.25. The van der Waals surface area contributed by atoms with Crippen LogP contribution in [0.2, 0.25) is 0 Å². The van der Waals surface area contributed by atoms with E-state index in [-0.39, 0.29) is 5.91 Å². The van der Waals surface area contributed by atoms with E-state index in [1.807, 2.05) is 30.3 Å². The summed E-state index contributed by atoms with van der Waals surface area (Å²) in [6, 6.07) is 12.1. The fraction of sp³-hybridized carbons (Fsp3) is 0.368. The molecule has 1 aromatic carbocycles. The van der Waals surface area contributed by atoms with Crippen LogP contribution in [0.4, 0.5) is 5.69 Å². The number of nitrogens with zero attached hydrogens (tertiary/aromatic N) is 2. The Morgan fingerprint density at radius 3 is 3.00 bits per heavy atom. The average molecular weight is 325 g/mol. The maximum Gasteiger partial charge on any atom is 0.225 e. The van der Waals surface area contributed by atoms with Gasteiger partial charge in [-0.2, -0.15) is 0 Å². The number of methoxy groups -OCH3 is 1. The van der Waals surface area contributed by atoms with Crippen molar-refractivity contribution < 1.29 is 9.53 Å². The van der Waals surface area contributed by atoms with Crippen molar-refractivity contribution in [1.82, 2.24) is 9.88 Å². The summed E-state index contributed by atoms with van der Waals surface area (Å²) in [5.41, 5.74) is 1.95. The molecule has 1 saturated heterocycles. The maximum atomic E-state index is 12.1. The Bertz CT molecular complexity index is 675. The molecule has 1 aliphatic heterocycles. The van der Waals surface area contributed by atoms with E-state index in [0.717, 1.165) is 37.4 Å². The number of anilines is 1. The van der Waals surface area contributed by atoms with Crippen LogP contribution in [-0.2, 0) is 4.79 Å². The number of para-hydroxylation sites is 1. The molecule has 0 aliphatic carbocycles. The topological polar surface area (TPSA) is 54.5 Å². The molecular formula is C19H23N3O2. The summed E-state index contributed by atoms with van der Waals surface area (Å²) in [6.45, 7) is 1.76. The molecule has 24 heavy (non-hydrogen) atoms. The zero-order valence-electron chi connectivity index (χ0n) is 13.9. The lowest BCUT2D eigenvalue weighted by Crippen LogP contribution is -2.28. The van der Waals surface area contributed by atoms with E-state index < -0.39 is 0 Å². The van der Waals surface area contributed by atoms with Crippen LogP contribution in [0, 0.1) is 0 Å². The third-order valence-electron chi connectivity index (χ3n) is 4.43. The zero-order chi connectivity index (χ0) is 16.8. The van der Waals surface area contributed by atoms with Crippen molar-refractivity contribution in [3.8, 4) is 5.75 Å². The lowest BCUT2D eigenvalue weighted by atomic mass is 10.0. The molecule has 1 atom stereocenters. The molecule has 0 saturated carbocycles. The smallest absolute Gasteiger partial charge is 0.225 e. The number of carbonyl (C=O) groups is 1. The Labute approximate surface area is 142 Å². The Hall–Kier alpha value is -2.40. The van der Waals surface area contributed by atoms with Crippen molar-refractivity contribution in [3.63, 3.8) is 0 Å². The number of benzene rings is 1.